The van der Waals surface area contributed by atoms with Crippen molar-refractivity contribution in [2.45, 2.75) is 65.5 Å². The molecule has 3 aromatic rings. The molecule has 0 heterocycles. The minimum Gasteiger partial charge on any atom is -0.207 e. The number of hydrogen-bond acceptors (Lipinski definition) is 0. The summed E-state index contributed by atoms with van der Waals surface area (Å²) in [6.45, 7) is 11.8. The number of alkyl halides is 3. The van der Waals surface area contributed by atoms with Gasteiger partial charge in [0.2, 0.25) is 0 Å². The third-order valence-electron chi connectivity index (χ3n) is 5.10. The molecule has 0 unspecified atom stereocenters. The van der Waals surface area contributed by atoms with E-state index in [1.165, 1.54) is 17.7 Å². The summed E-state index contributed by atoms with van der Waals surface area (Å²) in [4.78, 5) is 0. The van der Waals surface area contributed by atoms with Crippen molar-refractivity contribution >= 4 is 23.2 Å². The molecule has 0 aliphatic heterocycles. The quantitative estimate of drug-likeness (QED) is 0.294. The van der Waals surface area contributed by atoms with Gasteiger partial charge in [0, 0.05) is 5.02 Å². The van der Waals surface area contributed by atoms with Crippen LogP contribution in [0.1, 0.15) is 81.5 Å². The van der Waals surface area contributed by atoms with Gasteiger partial charge in [-0.3, -0.25) is 0 Å². The van der Waals surface area contributed by atoms with Crippen molar-refractivity contribution < 1.29 is 22.0 Å². The van der Waals surface area contributed by atoms with Crippen LogP contribution in [0.15, 0.2) is 60.7 Å². The zero-order valence-corrected chi connectivity index (χ0v) is 22.2. The van der Waals surface area contributed by atoms with Crippen molar-refractivity contribution in [1.82, 2.24) is 0 Å². The van der Waals surface area contributed by atoms with Gasteiger partial charge in [-0.05, 0) is 70.8 Å². The van der Waals surface area contributed by atoms with Crippen LogP contribution in [0.3, 0.4) is 0 Å². The molecule has 3 rings (SSSR count). The molecular formula is C28H31Cl2F5. The molecule has 7 heteroatoms. The molecule has 0 fully saturated rings. The normalized spacial score (nSPS) is 11.2. The highest BCUT2D eigenvalue weighted by Crippen LogP contribution is 2.31. The number of benzene rings is 3. The van der Waals surface area contributed by atoms with E-state index in [1.54, 1.807) is 19.9 Å². The second-order valence-electron chi connectivity index (χ2n) is 8.92. The standard InChI is InChI=1S/C10H10F4.C9H10ClF.C9H11Cl/c1-6(2)8-4-3-7(5-9(8)11)10(12,13)14;1-6(2)7-3-4-8(10)9(11)5-7;1-7(2)8-3-5-9(10)6-4-8/h3-6H,1-2H3;3-6H,1-2H3;3-7H,1-2H3. The van der Waals surface area contributed by atoms with Crippen LogP contribution < -0.4 is 0 Å². The Morgan fingerprint density at radius 1 is 0.600 bits per heavy atom. The van der Waals surface area contributed by atoms with Crippen LogP contribution in [0.2, 0.25) is 10.0 Å². The third-order valence-corrected chi connectivity index (χ3v) is 5.66. The van der Waals surface area contributed by atoms with Crippen LogP contribution in [-0.2, 0) is 6.18 Å². The van der Waals surface area contributed by atoms with Crippen molar-refractivity contribution in [3.05, 3.63) is 105 Å². The second-order valence-corrected chi connectivity index (χ2v) is 9.77. The molecule has 0 spiro atoms. The molecule has 0 bridgehead atoms. The molecule has 0 saturated carbocycles. The van der Waals surface area contributed by atoms with Crippen LogP contribution >= 0.6 is 23.2 Å². The van der Waals surface area contributed by atoms with Gasteiger partial charge in [0.1, 0.15) is 11.6 Å². The molecule has 3 aromatic carbocycles. The second kappa shape index (κ2) is 13.8. The lowest BCUT2D eigenvalue weighted by atomic mass is 10.0. The SMILES string of the molecule is CC(C)c1ccc(C(F)(F)F)cc1F.CC(C)c1ccc(Cl)c(F)c1.CC(C)c1ccc(Cl)cc1. The van der Waals surface area contributed by atoms with Gasteiger partial charge in [-0.2, -0.15) is 13.2 Å². The lowest BCUT2D eigenvalue weighted by Crippen LogP contribution is -2.06. The number of halogens is 7. The summed E-state index contributed by atoms with van der Waals surface area (Å²) in [6, 6.07) is 15.5. The zero-order chi connectivity index (χ0) is 26.9. The summed E-state index contributed by atoms with van der Waals surface area (Å²) in [7, 11) is 0. The molecule has 0 amide bonds. The van der Waals surface area contributed by atoms with E-state index in [2.05, 4.69) is 26.0 Å². The first-order valence-corrected chi connectivity index (χ1v) is 12.0. The Balaban J connectivity index is 0.000000267. The van der Waals surface area contributed by atoms with Crippen molar-refractivity contribution in [2.75, 3.05) is 0 Å². The molecular weight excluding hydrogens is 502 g/mol. The molecule has 0 nitrogen and oxygen atoms in total. The average Bonchev–Trinajstić information content (AvgIpc) is 2.76. The van der Waals surface area contributed by atoms with Crippen LogP contribution in [0.4, 0.5) is 22.0 Å². The maximum atomic E-state index is 13.1. The largest absolute Gasteiger partial charge is 0.416 e. The van der Waals surface area contributed by atoms with E-state index in [-0.39, 0.29) is 16.8 Å². The minimum atomic E-state index is -4.48. The summed E-state index contributed by atoms with van der Waals surface area (Å²) >= 11 is 11.2. The minimum absolute atomic E-state index is 0.114. The molecule has 0 aliphatic carbocycles. The lowest BCUT2D eigenvalue weighted by molar-refractivity contribution is -0.137. The molecule has 192 valence electrons. The Hall–Kier alpha value is -2.11. The fourth-order valence-corrected chi connectivity index (χ4v) is 3.13. The van der Waals surface area contributed by atoms with Crippen molar-refractivity contribution in [1.29, 1.82) is 0 Å². The highest BCUT2D eigenvalue weighted by atomic mass is 35.5. The molecule has 0 aromatic heterocycles. The van der Waals surface area contributed by atoms with Gasteiger partial charge >= 0.3 is 6.18 Å². The lowest BCUT2D eigenvalue weighted by Gasteiger charge is -2.10. The van der Waals surface area contributed by atoms with Gasteiger partial charge in [-0.15, -0.1) is 0 Å². The summed E-state index contributed by atoms with van der Waals surface area (Å²) in [6.07, 6.45) is -4.48. The first kappa shape index (κ1) is 30.9. The monoisotopic (exact) mass is 532 g/mol. The fraction of sp³-hybridized carbons (Fsp3) is 0.357. The van der Waals surface area contributed by atoms with Crippen molar-refractivity contribution in [2.24, 2.45) is 0 Å². The first-order valence-electron chi connectivity index (χ1n) is 11.2. The van der Waals surface area contributed by atoms with E-state index >= 15 is 0 Å². The maximum Gasteiger partial charge on any atom is 0.416 e. The van der Waals surface area contributed by atoms with E-state index in [4.69, 9.17) is 23.2 Å². The van der Waals surface area contributed by atoms with Gasteiger partial charge in [-0.1, -0.05) is 89.0 Å². The van der Waals surface area contributed by atoms with Crippen LogP contribution in [0, 0.1) is 11.6 Å². The van der Waals surface area contributed by atoms with Gasteiger partial charge < -0.3 is 0 Å². The Kier molecular flexibility index (Phi) is 12.2. The van der Waals surface area contributed by atoms with Crippen LogP contribution in [0.25, 0.3) is 0 Å². The highest BCUT2D eigenvalue weighted by Gasteiger charge is 2.31. The topological polar surface area (TPSA) is 0 Å². The summed E-state index contributed by atoms with van der Waals surface area (Å²) < 4.78 is 62.3. The summed E-state index contributed by atoms with van der Waals surface area (Å²) in [5.41, 5.74) is 1.67. The predicted molar refractivity (Wildman–Crippen MR) is 137 cm³/mol. The Labute approximate surface area is 215 Å². The van der Waals surface area contributed by atoms with E-state index in [0.29, 0.717) is 23.5 Å². The Morgan fingerprint density at radius 3 is 1.51 bits per heavy atom. The van der Waals surface area contributed by atoms with E-state index in [9.17, 15) is 22.0 Å². The van der Waals surface area contributed by atoms with E-state index in [0.717, 1.165) is 16.7 Å². The Morgan fingerprint density at radius 2 is 1.11 bits per heavy atom. The van der Waals surface area contributed by atoms with E-state index in [1.807, 2.05) is 32.0 Å². The van der Waals surface area contributed by atoms with Crippen LogP contribution in [0.5, 0.6) is 0 Å². The Bertz CT molecular complexity index is 1060. The predicted octanol–water partition coefficient (Wildman–Crippen LogP) is 11.0. The molecule has 0 aliphatic rings. The third kappa shape index (κ3) is 10.6. The molecule has 0 N–H and O–H groups in total. The number of hydrogen-bond donors (Lipinski definition) is 0. The van der Waals surface area contributed by atoms with Gasteiger partial charge in [0.25, 0.3) is 0 Å². The smallest absolute Gasteiger partial charge is 0.207 e. The van der Waals surface area contributed by atoms with E-state index < -0.39 is 17.6 Å². The first-order chi connectivity index (χ1) is 16.1. The molecule has 0 atom stereocenters. The molecule has 0 saturated heterocycles. The van der Waals surface area contributed by atoms with Gasteiger partial charge in [-0.25, -0.2) is 8.78 Å². The average molecular weight is 533 g/mol. The summed E-state index contributed by atoms with van der Waals surface area (Å²) in [5, 5.41) is 0.999. The van der Waals surface area contributed by atoms with Crippen molar-refractivity contribution in [3.8, 4) is 0 Å². The fourth-order valence-electron chi connectivity index (χ4n) is 2.89. The van der Waals surface area contributed by atoms with Crippen molar-refractivity contribution in [3.63, 3.8) is 0 Å². The maximum absolute atomic E-state index is 13.1. The zero-order valence-electron chi connectivity index (χ0n) is 20.7. The van der Waals surface area contributed by atoms with Gasteiger partial charge in [0.15, 0.2) is 0 Å². The van der Waals surface area contributed by atoms with Crippen LogP contribution in [-0.4, -0.2) is 0 Å². The molecule has 0 radical (unpaired) electrons. The highest BCUT2D eigenvalue weighted by molar-refractivity contribution is 6.30. The summed E-state index contributed by atoms with van der Waals surface area (Å²) in [5.74, 6) is -0.302. The van der Waals surface area contributed by atoms with Gasteiger partial charge in [0.05, 0.1) is 10.6 Å². The number of rotatable bonds is 3. The molecule has 35 heavy (non-hydrogen) atoms.